The molecule has 0 saturated carbocycles. The van der Waals surface area contributed by atoms with E-state index in [1.165, 1.54) is 0 Å². The summed E-state index contributed by atoms with van der Waals surface area (Å²) in [6, 6.07) is 4.03. The molecule has 4 rings (SSSR count). The van der Waals surface area contributed by atoms with E-state index in [9.17, 15) is 4.79 Å². The molecule has 0 aliphatic carbocycles. The molecule has 0 radical (unpaired) electrons. The Morgan fingerprint density at radius 3 is 2.81 bits per heavy atom. The van der Waals surface area contributed by atoms with Gasteiger partial charge in [-0.15, -0.1) is 5.10 Å². The quantitative estimate of drug-likeness (QED) is 0.715. The summed E-state index contributed by atoms with van der Waals surface area (Å²) in [6.07, 6.45) is 7.21. The van der Waals surface area contributed by atoms with Gasteiger partial charge in [-0.25, -0.2) is 14.6 Å². The summed E-state index contributed by atoms with van der Waals surface area (Å²) in [5.74, 6) is 1.08. The minimum Gasteiger partial charge on any atom is -0.342 e. The van der Waals surface area contributed by atoms with E-state index in [-0.39, 0.29) is 17.9 Å². The van der Waals surface area contributed by atoms with Crippen molar-refractivity contribution in [1.29, 1.82) is 0 Å². The van der Waals surface area contributed by atoms with Crippen LogP contribution < -0.4 is 0 Å². The van der Waals surface area contributed by atoms with E-state index in [0.717, 1.165) is 42.9 Å². The molecule has 1 aliphatic heterocycles. The van der Waals surface area contributed by atoms with Gasteiger partial charge in [0, 0.05) is 38.2 Å². The summed E-state index contributed by atoms with van der Waals surface area (Å²) in [4.78, 5) is 23.4. The third-order valence-electron chi connectivity index (χ3n) is 5.17. The fourth-order valence-corrected chi connectivity index (χ4v) is 3.64. The number of amides is 1. The Bertz CT molecular complexity index is 907. The van der Waals surface area contributed by atoms with Crippen LogP contribution >= 0.6 is 0 Å². The second-order valence-corrected chi connectivity index (χ2v) is 6.96. The molecule has 136 valence electrons. The number of hydrogen-bond donors (Lipinski definition) is 0. The Morgan fingerprint density at radius 1 is 1.27 bits per heavy atom. The summed E-state index contributed by atoms with van der Waals surface area (Å²) < 4.78 is 3.94. The lowest BCUT2D eigenvalue weighted by Gasteiger charge is -2.33. The first-order valence-corrected chi connectivity index (χ1v) is 9.06. The Labute approximate surface area is 151 Å². The predicted molar refractivity (Wildman–Crippen MR) is 96.3 cm³/mol. The van der Waals surface area contributed by atoms with Crippen molar-refractivity contribution in [1.82, 2.24) is 34.4 Å². The number of rotatable bonds is 4. The largest absolute Gasteiger partial charge is 0.342 e. The first-order chi connectivity index (χ1) is 12.6. The molecule has 1 fully saturated rings. The van der Waals surface area contributed by atoms with Crippen LogP contribution in [0.25, 0.3) is 11.2 Å². The number of fused-ring (bicyclic) bond motifs is 1. The number of nitrogens with zero attached hydrogens (tertiary/aromatic N) is 7. The molecule has 0 spiro atoms. The molecule has 3 aromatic rings. The van der Waals surface area contributed by atoms with E-state index < -0.39 is 0 Å². The number of likely N-dealkylation sites (tertiary alicyclic amines) is 1. The lowest BCUT2D eigenvalue weighted by molar-refractivity contribution is -0.136. The van der Waals surface area contributed by atoms with Crippen LogP contribution in [-0.4, -0.2) is 53.4 Å². The van der Waals surface area contributed by atoms with Gasteiger partial charge in [-0.1, -0.05) is 12.1 Å². The first kappa shape index (κ1) is 16.7. The predicted octanol–water partition coefficient (Wildman–Crippen LogP) is 1.83. The lowest BCUT2D eigenvalue weighted by Crippen LogP contribution is -2.42. The summed E-state index contributed by atoms with van der Waals surface area (Å²) in [6.45, 7) is 6.10. The van der Waals surface area contributed by atoms with Crippen LogP contribution in [0.1, 0.15) is 31.6 Å². The van der Waals surface area contributed by atoms with E-state index in [1.807, 2.05) is 46.3 Å². The van der Waals surface area contributed by atoms with Gasteiger partial charge in [-0.3, -0.25) is 4.79 Å². The van der Waals surface area contributed by atoms with Crippen molar-refractivity contribution in [2.45, 2.75) is 39.3 Å². The van der Waals surface area contributed by atoms with Gasteiger partial charge in [0.25, 0.3) is 0 Å². The van der Waals surface area contributed by atoms with Crippen LogP contribution in [-0.2, 0) is 11.3 Å². The SMILES string of the molecule is Cc1nccn1CC(C)C(=O)N1CCC(n2nnc3cccnc32)CC1. The molecule has 0 aromatic carbocycles. The smallest absolute Gasteiger partial charge is 0.227 e. The third-order valence-corrected chi connectivity index (χ3v) is 5.17. The zero-order chi connectivity index (χ0) is 18.1. The van der Waals surface area contributed by atoms with Crippen molar-refractivity contribution < 1.29 is 4.79 Å². The number of imidazole rings is 1. The number of carbonyl (C=O) groups is 1. The molecule has 1 aliphatic rings. The molecule has 1 unspecified atom stereocenters. The number of pyridine rings is 1. The average Bonchev–Trinajstić information content (AvgIpc) is 3.28. The topological polar surface area (TPSA) is 81.7 Å². The van der Waals surface area contributed by atoms with Crippen molar-refractivity contribution in [3.05, 3.63) is 36.5 Å². The fourth-order valence-electron chi connectivity index (χ4n) is 3.64. The minimum atomic E-state index is -0.0617. The Morgan fingerprint density at radius 2 is 2.08 bits per heavy atom. The molecular weight excluding hydrogens is 330 g/mol. The summed E-state index contributed by atoms with van der Waals surface area (Å²) in [5, 5.41) is 8.46. The highest BCUT2D eigenvalue weighted by atomic mass is 16.2. The van der Waals surface area contributed by atoms with Gasteiger partial charge in [0.05, 0.1) is 12.0 Å². The van der Waals surface area contributed by atoms with E-state index in [2.05, 4.69) is 20.3 Å². The minimum absolute atomic E-state index is 0.0617. The first-order valence-electron chi connectivity index (χ1n) is 9.06. The maximum atomic E-state index is 12.8. The number of piperidine rings is 1. The van der Waals surface area contributed by atoms with Crippen LogP contribution in [0, 0.1) is 12.8 Å². The highest BCUT2D eigenvalue weighted by molar-refractivity contribution is 5.78. The molecule has 3 aromatic heterocycles. The van der Waals surface area contributed by atoms with Crippen molar-refractivity contribution in [2.75, 3.05) is 13.1 Å². The van der Waals surface area contributed by atoms with Crippen LogP contribution in [0.15, 0.2) is 30.7 Å². The molecule has 26 heavy (non-hydrogen) atoms. The van der Waals surface area contributed by atoms with Crippen molar-refractivity contribution in [3.63, 3.8) is 0 Å². The third kappa shape index (κ3) is 3.07. The zero-order valence-electron chi connectivity index (χ0n) is 15.1. The van der Waals surface area contributed by atoms with Gasteiger partial charge in [-0.05, 0) is 31.9 Å². The van der Waals surface area contributed by atoms with Crippen LogP contribution in [0.3, 0.4) is 0 Å². The van der Waals surface area contributed by atoms with Crippen LogP contribution in [0.5, 0.6) is 0 Å². The summed E-state index contributed by atoms with van der Waals surface area (Å²) in [7, 11) is 0. The van der Waals surface area contributed by atoms with Crippen LogP contribution in [0.4, 0.5) is 0 Å². The summed E-state index contributed by atoms with van der Waals surface area (Å²) >= 11 is 0. The summed E-state index contributed by atoms with van der Waals surface area (Å²) in [5.41, 5.74) is 1.64. The van der Waals surface area contributed by atoms with Gasteiger partial charge in [0.1, 0.15) is 11.3 Å². The van der Waals surface area contributed by atoms with Crippen molar-refractivity contribution >= 4 is 17.1 Å². The molecule has 4 heterocycles. The van der Waals surface area contributed by atoms with Gasteiger partial charge in [0.15, 0.2) is 5.65 Å². The molecule has 8 nitrogen and oxygen atoms in total. The molecule has 0 N–H and O–H groups in total. The highest BCUT2D eigenvalue weighted by Gasteiger charge is 2.28. The molecular formula is C18H23N7O. The van der Waals surface area contributed by atoms with Gasteiger partial charge >= 0.3 is 0 Å². The van der Waals surface area contributed by atoms with E-state index in [4.69, 9.17) is 0 Å². The zero-order valence-corrected chi connectivity index (χ0v) is 15.1. The van der Waals surface area contributed by atoms with E-state index >= 15 is 0 Å². The average molecular weight is 353 g/mol. The maximum absolute atomic E-state index is 12.8. The van der Waals surface area contributed by atoms with E-state index in [0.29, 0.717) is 6.54 Å². The Balaban J connectivity index is 1.38. The number of hydrogen-bond acceptors (Lipinski definition) is 5. The Kier molecular flexibility index (Phi) is 4.40. The standard InChI is InChI=1S/C18H23N7O/c1-13(12-24-11-8-19-14(24)2)18(26)23-9-5-15(6-10-23)25-17-16(21-22-25)4-3-7-20-17/h3-4,7-8,11,13,15H,5-6,9-10,12H2,1-2H3. The number of aromatic nitrogens is 6. The van der Waals surface area contributed by atoms with Gasteiger partial charge in [0.2, 0.25) is 5.91 Å². The molecule has 1 atom stereocenters. The number of aryl methyl sites for hydroxylation is 1. The Hall–Kier alpha value is -2.77. The normalized spacial score (nSPS) is 16.9. The molecule has 8 heteroatoms. The fraction of sp³-hybridized carbons (Fsp3) is 0.500. The van der Waals surface area contributed by atoms with E-state index in [1.54, 1.807) is 12.4 Å². The number of carbonyl (C=O) groups excluding carboxylic acids is 1. The second kappa shape index (κ2) is 6.86. The maximum Gasteiger partial charge on any atom is 0.227 e. The monoisotopic (exact) mass is 353 g/mol. The van der Waals surface area contributed by atoms with Crippen molar-refractivity contribution in [3.8, 4) is 0 Å². The highest BCUT2D eigenvalue weighted by Crippen LogP contribution is 2.25. The lowest BCUT2D eigenvalue weighted by atomic mass is 10.0. The van der Waals surface area contributed by atoms with Crippen LogP contribution in [0.2, 0.25) is 0 Å². The van der Waals surface area contributed by atoms with Gasteiger partial charge < -0.3 is 9.47 Å². The van der Waals surface area contributed by atoms with Gasteiger partial charge in [-0.2, -0.15) is 0 Å². The molecule has 1 amide bonds. The van der Waals surface area contributed by atoms with Crippen molar-refractivity contribution in [2.24, 2.45) is 5.92 Å². The second-order valence-electron chi connectivity index (χ2n) is 6.96. The molecule has 1 saturated heterocycles. The molecule has 0 bridgehead atoms.